The zero-order valence-electron chi connectivity index (χ0n) is 9.47. The number of amides is 1. The molecule has 1 aliphatic carbocycles. The van der Waals surface area contributed by atoms with E-state index in [-0.39, 0.29) is 12.5 Å². The zero-order valence-corrected chi connectivity index (χ0v) is 13.1. The van der Waals surface area contributed by atoms with Gasteiger partial charge in [0.15, 0.2) is 0 Å². The maximum absolute atomic E-state index is 12.2. The summed E-state index contributed by atoms with van der Waals surface area (Å²) in [7, 11) is 0. The lowest BCUT2D eigenvalue weighted by atomic mass is 9.77. The van der Waals surface area contributed by atoms with E-state index in [0.29, 0.717) is 19.2 Å². The van der Waals surface area contributed by atoms with Gasteiger partial charge in [0.1, 0.15) is 0 Å². The van der Waals surface area contributed by atoms with E-state index in [0.717, 1.165) is 19.3 Å². The first-order chi connectivity index (χ1) is 8.47. The Kier molecular flexibility index (Phi) is 4.41. The molecule has 3 nitrogen and oxygen atoms in total. The smallest absolute Gasteiger partial charge is 0.252 e. The second-order valence-corrected chi connectivity index (χ2v) is 6.42. The van der Waals surface area contributed by atoms with E-state index in [1.807, 2.05) is 22.6 Å². The van der Waals surface area contributed by atoms with Crippen LogP contribution >= 0.6 is 45.8 Å². The van der Waals surface area contributed by atoms with Crippen LogP contribution < -0.4 is 5.32 Å². The molecule has 1 aromatic rings. The molecule has 1 aromatic carbocycles. The van der Waals surface area contributed by atoms with Crippen LogP contribution in [0, 0.1) is 3.57 Å². The van der Waals surface area contributed by atoms with Crippen LogP contribution in [0.4, 0.5) is 0 Å². The number of carbonyl (C=O) groups is 1. The molecule has 0 saturated heterocycles. The van der Waals surface area contributed by atoms with Crippen molar-refractivity contribution in [3.63, 3.8) is 0 Å². The minimum Gasteiger partial charge on any atom is -0.394 e. The Bertz CT molecular complexity index is 484. The van der Waals surface area contributed by atoms with Crippen molar-refractivity contribution in [2.24, 2.45) is 0 Å². The third-order valence-corrected chi connectivity index (χ3v) is 5.23. The number of aliphatic hydroxyl groups is 1. The van der Waals surface area contributed by atoms with Gasteiger partial charge in [-0.1, -0.05) is 23.2 Å². The monoisotopic (exact) mass is 399 g/mol. The molecule has 1 saturated carbocycles. The molecule has 0 atom stereocenters. The number of hydrogen-bond acceptors (Lipinski definition) is 2. The molecule has 1 fully saturated rings. The van der Waals surface area contributed by atoms with Crippen LogP contribution in [-0.2, 0) is 0 Å². The molecule has 0 heterocycles. The number of nitrogens with one attached hydrogen (secondary N) is 1. The van der Waals surface area contributed by atoms with E-state index in [1.54, 1.807) is 12.1 Å². The van der Waals surface area contributed by atoms with Crippen LogP contribution in [0.1, 0.15) is 29.6 Å². The van der Waals surface area contributed by atoms with Crippen molar-refractivity contribution in [3.8, 4) is 0 Å². The molecule has 1 aliphatic rings. The summed E-state index contributed by atoms with van der Waals surface area (Å²) >= 11 is 13.9. The number of hydrogen-bond donors (Lipinski definition) is 2. The Morgan fingerprint density at radius 2 is 2.11 bits per heavy atom. The van der Waals surface area contributed by atoms with E-state index < -0.39 is 5.54 Å². The summed E-state index contributed by atoms with van der Waals surface area (Å²) in [6, 6.07) is 3.20. The van der Waals surface area contributed by atoms with E-state index >= 15 is 0 Å². The highest BCUT2D eigenvalue weighted by Crippen LogP contribution is 2.33. The highest BCUT2D eigenvalue weighted by molar-refractivity contribution is 14.1. The maximum atomic E-state index is 12.2. The summed E-state index contributed by atoms with van der Waals surface area (Å²) in [4.78, 5) is 12.2. The molecule has 2 N–H and O–H groups in total. The Morgan fingerprint density at radius 3 is 2.61 bits per heavy atom. The molecule has 98 valence electrons. The molecule has 2 rings (SSSR count). The van der Waals surface area contributed by atoms with Gasteiger partial charge >= 0.3 is 0 Å². The van der Waals surface area contributed by atoms with Crippen molar-refractivity contribution in [2.45, 2.75) is 24.8 Å². The lowest BCUT2D eigenvalue weighted by Crippen LogP contribution is -2.56. The van der Waals surface area contributed by atoms with Crippen LogP contribution in [-0.4, -0.2) is 23.2 Å². The third kappa shape index (κ3) is 2.76. The predicted octanol–water partition coefficient (Wildman–Crippen LogP) is 3.24. The molecule has 18 heavy (non-hydrogen) atoms. The summed E-state index contributed by atoms with van der Waals surface area (Å²) in [5, 5.41) is 13.1. The number of aliphatic hydroxyl groups excluding tert-OH is 1. The van der Waals surface area contributed by atoms with Gasteiger partial charge in [0.05, 0.1) is 22.7 Å². The maximum Gasteiger partial charge on any atom is 0.252 e. The summed E-state index contributed by atoms with van der Waals surface area (Å²) in [6.07, 6.45) is 2.63. The van der Waals surface area contributed by atoms with Gasteiger partial charge in [-0.2, -0.15) is 0 Å². The molecule has 0 bridgehead atoms. The highest BCUT2D eigenvalue weighted by atomic mass is 127. The normalized spacial score (nSPS) is 17.1. The van der Waals surface area contributed by atoms with Crippen LogP contribution in [0.2, 0.25) is 10.0 Å². The van der Waals surface area contributed by atoms with Crippen LogP contribution in [0.15, 0.2) is 12.1 Å². The largest absolute Gasteiger partial charge is 0.394 e. The molecule has 0 aliphatic heterocycles. The zero-order chi connectivity index (χ0) is 13.3. The molecule has 0 unspecified atom stereocenters. The minimum absolute atomic E-state index is 0.0381. The van der Waals surface area contributed by atoms with E-state index in [4.69, 9.17) is 23.2 Å². The summed E-state index contributed by atoms with van der Waals surface area (Å²) < 4.78 is 0.670. The lowest BCUT2D eigenvalue weighted by Gasteiger charge is -2.41. The first-order valence-electron chi connectivity index (χ1n) is 5.55. The Hall–Kier alpha value is -0.0400. The minimum atomic E-state index is -0.463. The number of carbonyl (C=O) groups excluding carboxylic acids is 1. The van der Waals surface area contributed by atoms with Crippen molar-refractivity contribution in [1.29, 1.82) is 0 Å². The number of rotatable bonds is 3. The lowest BCUT2D eigenvalue weighted by molar-refractivity contribution is 0.0641. The molecule has 0 radical (unpaired) electrons. The Labute approximate surface area is 129 Å². The van der Waals surface area contributed by atoms with Gasteiger partial charge in [-0.3, -0.25) is 4.79 Å². The van der Waals surface area contributed by atoms with E-state index in [1.165, 1.54) is 0 Å². The molecule has 6 heteroatoms. The quantitative estimate of drug-likeness (QED) is 0.605. The molecule has 0 aromatic heterocycles. The third-order valence-electron chi connectivity index (χ3n) is 3.23. The van der Waals surface area contributed by atoms with Crippen LogP contribution in [0.25, 0.3) is 0 Å². The second-order valence-electron chi connectivity index (χ2n) is 4.50. The van der Waals surface area contributed by atoms with Gasteiger partial charge in [0, 0.05) is 8.59 Å². The van der Waals surface area contributed by atoms with E-state index in [2.05, 4.69) is 5.32 Å². The van der Waals surface area contributed by atoms with E-state index in [9.17, 15) is 9.90 Å². The number of benzene rings is 1. The summed E-state index contributed by atoms with van der Waals surface area (Å²) in [5.41, 5.74) is -0.0116. The fraction of sp³-hybridized carbons (Fsp3) is 0.417. The second kappa shape index (κ2) is 5.53. The van der Waals surface area contributed by atoms with Gasteiger partial charge in [-0.25, -0.2) is 0 Å². The highest BCUT2D eigenvalue weighted by Gasteiger charge is 2.38. The van der Waals surface area contributed by atoms with Crippen molar-refractivity contribution >= 4 is 51.7 Å². The Morgan fingerprint density at radius 1 is 1.44 bits per heavy atom. The number of halogens is 3. The molecular formula is C12H12Cl2INO2. The SMILES string of the molecule is O=C(NC1(CO)CCC1)c1cc(Cl)cc(Cl)c1I. The van der Waals surface area contributed by atoms with Gasteiger partial charge in [0.25, 0.3) is 5.91 Å². The van der Waals surface area contributed by atoms with Gasteiger partial charge in [0.2, 0.25) is 0 Å². The average Bonchev–Trinajstić information content (AvgIpc) is 2.28. The van der Waals surface area contributed by atoms with Crippen molar-refractivity contribution in [1.82, 2.24) is 5.32 Å². The average molecular weight is 400 g/mol. The molecular weight excluding hydrogens is 388 g/mol. The standard InChI is InChI=1S/C12H12Cl2INO2/c13-7-4-8(10(15)9(14)5-7)11(18)16-12(6-17)2-1-3-12/h4-5,17H,1-3,6H2,(H,16,18). The summed E-state index contributed by atoms with van der Waals surface area (Å²) in [5.74, 6) is -0.238. The van der Waals surface area contributed by atoms with Crippen molar-refractivity contribution in [2.75, 3.05) is 6.61 Å². The van der Waals surface area contributed by atoms with Gasteiger partial charge in [-0.05, 0) is 54.0 Å². The molecule has 1 amide bonds. The van der Waals surface area contributed by atoms with Gasteiger partial charge < -0.3 is 10.4 Å². The first-order valence-corrected chi connectivity index (χ1v) is 7.39. The van der Waals surface area contributed by atoms with Gasteiger partial charge in [-0.15, -0.1) is 0 Å². The van der Waals surface area contributed by atoms with Crippen molar-refractivity contribution in [3.05, 3.63) is 31.3 Å². The topological polar surface area (TPSA) is 49.3 Å². The fourth-order valence-electron chi connectivity index (χ4n) is 1.96. The first kappa shape index (κ1) is 14.4. The Balaban J connectivity index is 2.24. The molecule has 0 spiro atoms. The van der Waals surface area contributed by atoms with Crippen LogP contribution in [0.3, 0.4) is 0 Å². The fourth-order valence-corrected chi connectivity index (χ4v) is 3.01. The van der Waals surface area contributed by atoms with Crippen LogP contribution in [0.5, 0.6) is 0 Å². The van der Waals surface area contributed by atoms with Crippen molar-refractivity contribution < 1.29 is 9.90 Å². The predicted molar refractivity (Wildman–Crippen MR) is 80.3 cm³/mol. The summed E-state index contributed by atoms with van der Waals surface area (Å²) in [6.45, 7) is -0.0381.